The molecule has 214 valence electrons. The van der Waals surface area contributed by atoms with E-state index in [4.69, 9.17) is 18.9 Å². The molecule has 0 amide bonds. The molecule has 0 saturated heterocycles. The zero-order valence-corrected chi connectivity index (χ0v) is 24.1. The van der Waals surface area contributed by atoms with Gasteiger partial charge in [-0.15, -0.1) is 0 Å². The largest absolute Gasteiger partial charge is 0.498 e. The monoisotopic (exact) mass is 566 g/mol. The van der Waals surface area contributed by atoms with Crippen LogP contribution in [0.25, 0.3) is 44.5 Å². The third-order valence-corrected chi connectivity index (χ3v) is 7.66. The first-order valence-electron chi connectivity index (χ1n) is 14.5. The summed E-state index contributed by atoms with van der Waals surface area (Å²) in [5, 5.41) is 0. The molecule has 0 unspecified atom stereocenters. The van der Waals surface area contributed by atoms with Crippen molar-refractivity contribution in [1.29, 1.82) is 0 Å². The van der Waals surface area contributed by atoms with Crippen LogP contribution in [0.2, 0.25) is 0 Å². The zero-order valence-electron chi connectivity index (χ0n) is 24.1. The minimum absolute atomic E-state index is 0.455. The van der Waals surface area contributed by atoms with Crippen LogP contribution in [0.4, 0.5) is 0 Å². The lowest BCUT2D eigenvalue weighted by Crippen LogP contribution is -2.04. The molecule has 0 heterocycles. The fraction of sp³-hybridized carbons (Fsp3) is 0.128. The third kappa shape index (κ3) is 6.05. The van der Waals surface area contributed by atoms with Crippen LogP contribution in [0.5, 0.6) is 11.5 Å². The molecule has 0 N–H and O–H groups in total. The lowest BCUT2D eigenvalue weighted by atomic mass is 9.82. The number of benzene rings is 5. The molecule has 0 bridgehead atoms. The van der Waals surface area contributed by atoms with E-state index in [0.29, 0.717) is 26.4 Å². The van der Waals surface area contributed by atoms with Crippen LogP contribution in [-0.4, -0.2) is 26.4 Å². The highest BCUT2D eigenvalue weighted by Gasteiger charge is 2.27. The molecule has 4 heteroatoms. The minimum atomic E-state index is 0.455. The van der Waals surface area contributed by atoms with Crippen LogP contribution in [0.3, 0.4) is 0 Å². The van der Waals surface area contributed by atoms with Crippen LogP contribution in [0, 0.1) is 0 Å². The van der Waals surface area contributed by atoms with Gasteiger partial charge in [0, 0.05) is 0 Å². The summed E-state index contributed by atoms with van der Waals surface area (Å²) < 4.78 is 22.2. The van der Waals surface area contributed by atoms with Gasteiger partial charge >= 0.3 is 0 Å². The second-order valence-electron chi connectivity index (χ2n) is 10.2. The Morgan fingerprint density at radius 1 is 0.512 bits per heavy atom. The van der Waals surface area contributed by atoms with E-state index < -0.39 is 0 Å². The summed E-state index contributed by atoms with van der Waals surface area (Å²) in [4.78, 5) is 0. The van der Waals surface area contributed by atoms with Crippen LogP contribution in [0.1, 0.15) is 11.1 Å². The minimum Gasteiger partial charge on any atom is -0.498 e. The number of hydrogen-bond donors (Lipinski definition) is 0. The summed E-state index contributed by atoms with van der Waals surface area (Å²) in [7, 11) is 0. The van der Waals surface area contributed by atoms with Gasteiger partial charge in [0.25, 0.3) is 0 Å². The van der Waals surface area contributed by atoms with Gasteiger partial charge in [-0.2, -0.15) is 0 Å². The molecule has 0 radical (unpaired) electrons. The maximum absolute atomic E-state index is 5.90. The van der Waals surface area contributed by atoms with Gasteiger partial charge < -0.3 is 18.9 Å². The van der Waals surface area contributed by atoms with Gasteiger partial charge in [0.2, 0.25) is 0 Å². The maximum atomic E-state index is 5.90. The average Bonchev–Trinajstić information content (AvgIpc) is 3.44. The van der Waals surface area contributed by atoms with Crippen molar-refractivity contribution >= 4 is 0 Å². The van der Waals surface area contributed by atoms with E-state index in [-0.39, 0.29) is 0 Å². The highest BCUT2D eigenvalue weighted by atomic mass is 16.5. The summed E-state index contributed by atoms with van der Waals surface area (Å²) in [5.41, 5.74) is 12.4. The summed E-state index contributed by atoms with van der Waals surface area (Å²) in [6.45, 7) is 9.00. The molecule has 0 atom stereocenters. The first-order valence-corrected chi connectivity index (χ1v) is 14.5. The molecule has 4 nitrogen and oxygen atoms in total. The van der Waals surface area contributed by atoms with Gasteiger partial charge in [-0.1, -0.05) is 92.0 Å². The molecule has 0 aliphatic heterocycles. The molecule has 5 aromatic rings. The van der Waals surface area contributed by atoms with Crippen molar-refractivity contribution in [2.75, 3.05) is 26.4 Å². The molecule has 43 heavy (non-hydrogen) atoms. The highest BCUT2D eigenvalue weighted by Crippen LogP contribution is 2.50. The summed E-state index contributed by atoms with van der Waals surface area (Å²) in [5.74, 6) is 1.60. The van der Waals surface area contributed by atoms with Gasteiger partial charge in [-0.25, -0.2) is 0 Å². The smallest absolute Gasteiger partial charge is 0.122 e. The van der Waals surface area contributed by atoms with E-state index in [1.165, 1.54) is 57.0 Å². The van der Waals surface area contributed by atoms with Crippen LogP contribution in [-0.2, 0) is 15.9 Å². The van der Waals surface area contributed by atoms with Crippen molar-refractivity contribution in [3.8, 4) is 56.0 Å². The van der Waals surface area contributed by atoms with Gasteiger partial charge in [0.1, 0.15) is 37.9 Å². The summed E-state index contributed by atoms with van der Waals surface area (Å²) in [6.07, 6.45) is 3.76. The van der Waals surface area contributed by atoms with Gasteiger partial charge in [-0.3, -0.25) is 0 Å². The fourth-order valence-electron chi connectivity index (χ4n) is 5.76. The first-order chi connectivity index (χ1) is 21.3. The third-order valence-electron chi connectivity index (χ3n) is 7.66. The van der Waals surface area contributed by atoms with Crippen molar-refractivity contribution in [1.82, 2.24) is 0 Å². The predicted octanol–water partition coefficient (Wildman–Crippen LogP) is 9.34. The Morgan fingerprint density at radius 2 is 1.07 bits per heavy atom. The molecule has 6 rings (SSSR count). The van der Waals surface area contributed by atoms with Crippen molar-refractivity contribution < 1.29 is 18.9 Å². The van der Waals surface area contributed by atoms with Crippen LogP contribution >= 0.6 is 0 Å². The SMILES string of the molecule is C=COCCOc1ccc(-c2cc3c(c(-c4ccccc4)c2-c2ccc(OCCOC=C)cc2)Cc2ccccc2-3)cc1. The molecule has 5 aromatic carbocycles. The normalized spacial score (nSPS) is 11.3. The number of hydrogen-bond acceptors (Lipinski definition) is 4. The predicted molar refractivity (Wildman–Crippen MR) is 174 cm³/mol. The molecular weight excluding hydrogens is 532 g/mol. The molecule has 1 aliphatic rings. The van der Waals surface area contributed by atoms with Crippen molar-refractivity contribution in [3.05, 3.63) is 146 Å². The van der Waals surface area contributed by atoms with Crippen molar-refractivity contribution in [2.45, 2.75) is 6.42 Å². The molecule has 0 aromatic heterocycles. The summed E-state index contributed by atoms with van der Waals surface area (Å²) >= 11 is 0. The van der Waals surface area contributed by atoms with Gasteiger partial charge in [0.15, 0.2) is 0 Å². The second-order valence-corrected chi connectivity index (χ2v) is 10.2. The molecule has 0 spiro atoms. The van der Waals surface area contributed by atoms with Crippen molar-refractivity contribution in [2.24, 2.45) is 0 Å². The maximum Gasteiger partial charge on any atom is 0.122 e. The number of fused-ring (bicyclic) bond motifs is 3. The molecular formula is C39H34O4. The molecule has 1 aliphatic carbocycles. The Hall–Kier alpha value is -5.22. The van der Waals surface area contributed by atoms with E-state index in [2.05, 4.69) is 98.1 Å². The quantitative estimate of drug-likeness (QED) is 0.103. The Labute approximate surface area is 253 Å². The number of rotatable bonds is 13. The van der Waals surface area contributed by atoms with Crippen LogP contribution in [0.15, 0.2) is 135 Å². The average molecular weight is 567 g/mol. The van der Waals surface area contributed by atoms with E-state index in [9.17, 15) is 0 Å². The fourth-order valence-corrected chi connectivity index (χ4v) is 5.76. The van der Waals surface area contributed by atoms with Gasteiger partial charge in [-0.05, 0) is 92.4 Å². The molecule has 0 fully saturated rings. The number of ether oxygens (including phenoxy) is 4. The second kappa shape index (κ2) is 13.2. The lowest BCUT2D eigenvalue weighted by molar-refractivity contribution is 0.179. The van der Waals surface area contributed by atoms with Gasteiger partial charge in [0.05, 0.1) is 12.5 Å². The van der Waals surface area contributed by atoms with Crippen molar-refractivity contribution in [3.63, 3.8) is 0 Å². The lowest BCUT2D eigenvalue weighted by Gasteiger charge is -2.21. The topological polar surface area (TPSA) is 36.9 Å². The van der Waals surface area contributed by atoms with E-state index in [0.717, 1.165) is 29.0 Å². The van der Waals surface area contributed by atoms with E-state index in [1.54, 1.807) is 0 Å². The Balaban J connectivity index is 1.49. The zero-order chi connectivity index (χ0) is 29.4. The van der Waals surface area contributed by atoms with Crippen LogP contribution < -0.4 is 9.47 Å². The molecule has 0 saturated carbocycles. The Bertz CT molecular complexity index is 1700. The summed E-state index contributed by atoms with van der Waals surface area (Å²) in [6, 6.07) is 38.6. The van der Waals surface area contributed by atoms with E-state index >= 15 is 0 Å². The Kier molecular flexibility index (Phi) is 8.56. The Morgan fingerprint density at radius 3 is 1.70 bits per heavy atom. The highest BCUT2D eigenvalue weighted by molar-refractivity contribution is 6.01. The first kappa shape index (κ1) is 27.9. The van der Waals surface area contributed by atoms with E-state index in [1.807, 2.05) is 24.3 Å². The standard InChI is InChI=1S/C39H34O4/c1-3-40-22-24-42-32-18-14-28(15-19-32)35-27-36-34-13-9-8-12-31(34)26-37(36)39(29-10-6-5-7-11-29)38(35)30-16-20-33(21-17-30)43-25-23-41-4-2/h3-21,27H,1-2,22-26H2.